The van der Waals surface area contributed by atoms with Crippen LogP contribution in [0.4, 0.5) is 5.13 Å². The summed E-state index contributed by atoms with van der Waals surface area (Å²) in [7, 11) is 0. The number of carbonyl (C=O) groups excluding carboxylic acids is 2. The van der Waals surface area contributed by atoms with E-state index in [1.54, 1.807) is 54.6 Å². The molecular formula is C28H23ClN2O5S. The summed E-state index contributed by atoms with van der Waals surface area (Å²) in [6.45, 7) is 2.59. The van der Waals surface area contributed by atoms with Gasteiger partial charge in [-0.25, -0.2) is 4.98 Å². The zero-order valence-corrected chi connectivity index (χ0v) is 21.4. The van der Waals surface area contributed by atoms with Gasteiger partial charge in [0.05, 0.1) is 28.4 Å². The van der Waals surface area contributed by atoms with Gasteiger partial charge in [0.25, 0.3) is 5.78 Å². The van der Waals surface area contributed by atoms with Gasteiger partial charge < -0.3 is 14.9 Å². The van der Waals surface area contributed by atoms with Crippen LogP contribution in [0.15, 0.2) is 72.3 Å². The first-order valence-electron chi connectivity index (χ1n) is 11.8. The van der Waals surface area contributed by atoms with Crippen molar-refractivity contribution in [2.24, 2.45) is 0 Å². The number of fused-ring (bicyclic) bond motifs is 1. The Hall–Kier alpha value is -3.88. The topological polar surface area (TPSA) is 100.0 Å². The molecule has 2 N–H and O–H groups in total. The van der Waals surface area contributed by atoms with Crippen molar-refractivity contribution in [1.29, 1.82) is 0 Å². The lowest BCUT2D eigenvalue weighted by atomic mass is 9.95. The number of anilines is 1. The van der Waals surface area contributed by atoms with Crippen molar-refractivity contribution < 1.29 is 24.5 Å². The Morgan fingerprint density at radius 2 is 1.89 bits per heavy atom. The number of hydrogen-bond donors (Lipinski definition) is 2. The van der Waals surface area contributed by atoms with Gasteiger partial charge in [-0.3, -0.25) is 14.5 Å². The number of phenolic OH excluding ortho intramolecular Hbond substituents is 1. The van der Waals surface area contributed by atoms with Gasteiger partial charge in [0, 0.05) is 10.6 Å². The zero-order chi connectivity index (χ0) is 26.1. The van der Waals surface area contributed by atoms with Crippen LogP contribution in [0.2, 0.25) is 5.02 Å². The van der Waals surface area contributed by atoms with Crippen molar-refractivity contribution in [2.75, 3.05) is 11.5 Å². The molecule has 37 heavy (non-hydrogen) atoms. The van der Waals surface area contributed by atoms with Gasteiger partial charge in [-0.15, -0.1) is 0 Å². The Bertz CT molecular complexity index is 1530. The number of unbranched alkanes of at least 4 members (excludes halogenated alkanes) is 1. The highest BCUT2D eigenvalue weighted by Crippen LogP contribution is 2.45. The third kappa shape index (κ3) is 4.77. The maximum atomic E-state index is 13.4. The molecule has 0 aliphatic carbocycles. The Balaban J connectivity index is 1.64. The molecule has 0 bridgehead atoms. The maximum Gasteiger partial charge on any atom is 0.301 e. The van der Waals surface area contributed by atoms with Crippen molar-refractivity contribution >= 4 is 55.7 Å². The van der Waals surface area contributed by atoms with Crippen molar-refractivity contribution in [3.63, 3.8) is 0 Å². The SMILES string of the molecule is CCCCOc1cccc(C(O)=C2C(=O)C(=O)N(c3nc4ccc(Cl)cc4s3)C2c2ccc(O)cc2)c1. The highest BCUT2D eigenvalue weighted by molar-refractivity contribution is 7.22. The minimum absolute atomic E-state index is 0.0345. The minimum atomic E-state index is -0.957. The maximum absolute atomic E-state index is 13.4. The standard InChI is InChI=1S/C28H23ClN2O5S/c1-2-3-13-36-20-6-4-5-17(14-20)25(33)23-24(16-7-10-19(32)11-8-16)31(27(35)26(23)34)28-30-21-12-9-18(29)15-22(21)37-28/h4-12,14-15,24,32-33H,2-3,13H2,1H3. The molecule has 1 aliphatic heterocycles. The van der Waals surface area contributed by atoms with E-state index in [1.165, 1.54) is 28.4 Å². The number of aliphatic hydroxyl groups excluding tert-OH is 1. The summed E-state index contributed by atoms with van der Waals surface area (Å²) < 4.78 is 6.52. The average molecular weight is 535 g/mol. The van der Waals surface area contributed by atoms with E-state index in [1.807, 2.05) is 0 Å². The number of aromatic hydroxyl groups is 1. The molecule has 0 radical (unpaired) electrons. The van der Waals surface area contributed by atoms with Gasteiger partial charge in [0.15, 0.2) is 5.13 Å². The molecule has 1 amide bonds. The van der Waals surface area contributed by atoms with Crippen LogP contribution in [0.3, 0.4) is 0 Å². The van der Waals surface area contributed by atoms with Crippen LogP contribution in [0.25, 0.3) is 16.0 Å². The molecule has 7 nitrogen and oxygen atoms in total. The lowest BCUT2D eigenvalue weighted by Gasteiger charge is -2.23. The van der Waals surface area contributed by atoms with Gasteiger partial charge in [-0.2, -0.15) is 0 Å². The van der Waals surface area contributed by atoms with E-state index in [0.29, 0.717) is 39.2 Å². The number of halogens is 1. The monoisotopic (exact) mass is 534 g/mol. The van der Waals surface area contributed by atoms with Crippen molar-refractivity contribution in [3.8, 4) is 11.5 Å². The van der Waals surface area contributed by atoms with E-state index in [9.17, 15) is 19.8 Å². The van der Waals surface area contributed by atoms with Crippen molar-refractivity contribution in [2.45, 2.75) is 25.8 Å². The Morgan fingerprint density at radius 1 is 1.11 bits per heavy atom. The second-order valence-corrected chi connectivity index (χ2v) is 10.0. The van der Waals surface area contributed by atoms with Gasteiger partial charge in [-0.05, 0) is 54.4 Å². The molecule has 1 fully saturated rings. The Labute approximate surface area is 222 Å². The second kappa shape index (κ2) is 10.2. The van der Waals surface area contributed by atoms with Crippen LogP contribution in [0.1, 0.15) is 36.9 Å². The summed E-state index contributed by atoms with van der Waals surface area (Å²) in [6.07, 6.45) is 1.86. The number of aliphatic hydroxyl groups is 1. The van der Waals surface area contributed by atoms with E-state index in [-0.39, 0.29) is 17.1 Å². The number of aromatic nitrogens is 1. The molecule has 9 heteroatoms. The molecular weight excluding hydrogens is 512 g/mol. The summed E-state index contributed by atoms with van der Waals surface area (Å²) >= 11 is 7.36. The third-order valence-electron chi connectivity index (χ3n) is 6.07. The van der Waals surface area contributed by atoms with Crippen molar-refractivity contribution in [3.05, 3.63) is 88.5 Å². The molecule has 0 saturated carbocycles. The highest BCUT2D eigenvalue weighted by Gasteiger charge is 2.48. The van der Waals surface area contributed by atoms with E-state index in [2.05, 4.69) is 11.9 Å². The summed E-state index contributed by atoms with van der Waals surface area (Å²) in [4.78, 5) is 32.6. The molecule has 188 valence electrons. The molecule has 0 spiro atoms. The predicted octanol–water partition coefficient (Wildman–Crippen LogP) is 6.46. The van der Waals surface area contributed by atoms with E-state index in [0.717, 1.165) is 17.5 Å². The largest absolute Gasteiger partial charge is 0.508 e. The number of amides is 1. The molecule has 1 atom stereocenters. The summed E-state index contributed by atoms with van der Waals surface area (Å²) in [5.41, 5.74) is 1.45. The summed E-state index contributed by atoms with van der Waals surface area (Å²) in [5.74, 6) is -1.36. The number of hydrogen-bond acceptors (Lipinski definition) is 7. The fourth-order valence-corrected chi connectivity index (χ4v) is 5.48. The summed E-state index contributed by atoms with van der Waals surface area (Å²) in [6, 6.07) is 17.2. The van der Waals surface area contributed by atoms with Gasteiger partial charge >= 0.3 is 5.91 Å². The normalized spacial score (nSPS) is 17.0. The number of ketones is 1. The Kier molecular flexibility index (Phi) is 6.86. The fourth-order valence-electron chi connectivity index (χ4n) is 4.21. The van der Waals surface area contributed by atoms with Crippen LogP contribution >= 0.6 is 22.9 Å². The van der Waals surface area contributed by atoms with Crippen LogP contribution in [-0.2, 0) is 9.59 Å². The third-order valence-corrected chi connectivity index (χ3v) is 7.33. The number of rotatable bonds is 7. The molecule has 1 saturated heterocycles. The average Bonchev–Trinajstić information content (AvgIpc) is 3.42. The quantitative estimate of drug-likeness (QED) is 0.122. The van der Waals surface area contributed by atoms with E-state index >= 15 is 0 Å². The first-order valence-corrected chi connectivity index (χ1v) is 13.0. The van der Waals surface area contributed by atoms with Gasteiger partial charge in [-0.1, -0.05) is 60.5 Å². The second-order valence-electron chi connectivity index (χ2n) is 8.60. The molecule has 1 aliphatic rings. The molecule has 1 aromatic heterocycles. The van der Waals surface area contributed by atoms with E-state index < -0.39 is 17.7 Å². The van der Waals surface area contributed by atoms with Crippen LogP contribution in [0, 0.1) is 0 Å². The number of phenols is 1. The first kappa shape index (κ1) is 24.8. The number of thiazole rings is 1. The van der Waals surface area contributed by atoms with E-state index in [4.69, 9.17) is 16.3 Å². The molecule has 5 rings (SSSR count). The lowest BCUT2D eigenvalue weighted by molar-refractivity contribution is -0.132. The smallest absolute Gasteiger partial charge is 0.301 e. The van der Waals surface area contributed by atoms with Gasteiger partial charge in [0.2, 0.25) is 0 Å². The van der Waals surface area contributed by atoms with Crippen LogP contribution in [-0.4, -0.2) is 33.5 Å². The fraction of sp³-hybridized carbons (Fsp3) is 0.179. The minimum Gasteiger partial charge on any atom is -0.508 e. The molecule has 3 aromatic carbocycles. The first-order chi connectivity index (χ1) is 17.9. The lowest BCUT2D eigenvalue weighted by Crippen LogP contribution is -2.29. The zero-order valence-electron chi connectivity index (χ0n) is 19.8. The molecule has 4 aromatic rings. The highest BCUT2D eigenvalue weighted by atomic mass is 35.5. The predicted molar refractivity (Wildman–Crippen MR) is 144 cm³/mol. The van der Waals surface area contributed by atoms with Crippen LogP contribution < -0.4 is 9.64 Å². The van der Waals surface area contributed by atoms with Crippen LogP contribution in [0.5, 0.6) is 11.5 Å². The Morgan fingerprint density at radius 3 is 2.65 bits per heavy atom. The number of benzene rings is 3. The molecule has 1 unspecified atom stereocenters. The van der Waals surface area contributed by atoms with Gasteiger partial charge in [0.1, 0.15) is 17.3 Å². The number of ether oxygens (including phenoxy) is 1. The number of carbonyl (C=O) groups is 2. The summed E-state index contributed by atoms with van der Waals surface area (Å²) in [5, 5.41) is 22.0. The van der Waals surface area contributed by atoms with Crippen molar-refractivity contribution in [1.82, 2.24) is 4.98 Å². The number of Topliss-reactive ketones (excluding diaryl/α,β-unsaturated/α-hetero) is 1. The molecule has 2 heterocycles. The number of nitrogens with zero attached hydrogens (tertiary/aromatic N) is 2.